The van der Waals surface area contributed by atoms with E-state index in [1.54, 1.807) is 31.5 Å². The zero-order valence-electron chi connectivity index (χ0n) is 19.3. The quantitative estimate of drug-likeness (QED) is 0.587. The second kappa shape index (κ2) is 9.26. The Bertz CT molecular complexity index is 1230. The smallest absolute Gasteiger partial charge is 0.417 e. The maximum atomic E-state index is 13.6. The number of halogens is 1. The molecule has 0 saturated carbocycles. The van der Waals surface area contributed by atoms with Crippen LogP contribution < -0.4 is 4.90 Å². The highest BCUT2D eigenvalue weighted by Gasteiger charge is 2.25. The maximum absolute atomic E-state index is 13.6. The van der Waals surface area contributed by atoms with Crippen LogP contribution in [0.5, 0.6) is 0 Å². The molecule has 0 N–H and O–H groups in total. The molecule has 9 heteroatoms. The van der Waals surface area contributed by atoms with Gasteiger partial charge in [-0.05, 0) is 50.4 Å². The molecule has 3 aromatic rings. The Labute approximate surface area is 197 Å². The lowest BCUT2D eigenvalue weighted by molar-refractivity contribution is 0.133. The molecule has 1 aromatic carbocycles. The van der Waals surface area contributed by atoms with E-state index in [4.69, 9.17) is 14.8 Å². The van der Waals surface area contributed by atoms with E-state index in [-0.39, 0.29) is 11.7 Å². The Hall–Kier alpha value is -3.72. The van der Waals surface area contributed by atoms with Crippen molar-refractivity contribution in [2.75, 3.05) is 44.7 Å². The number of allylic oxidation sites excluding steroid dienone is 2. The number of nitrogens with zero attached hydrogens (tertiary/aromatic N) is 6. The molecule has 0 bridgehead atoms. The molecule has 0 radical (unpaired) electrons. The van der Waals surface area contributed by atoms with Crippen LogP contribution in [0, 0.1) is 5.82 Å². The number of fused-ring (bicyclic) bond motifs is 1. The molecule has 2 aliphatic heterocycles. The first-order valence-electron chi connectivity index (χ1n) is 11.4. The number of carbonyl (C=O) groups excluding carboxylic acids is 1. The zero-order chi connectivity index (χ0) is 23.7. The van der Waals surface area contributed by atoms with Gasteiger partial charge in [-0.15, -0.1) is 5.10 Å². The van der Waals surface area contributed by atoms with Crippen molar-refractivity contribution in [1.82, 2.24) is 24.4 Å². The molecule has 0 aliphatic carbocycles. The normalized spacial score (nSPS) is 17.0. The van der Waals surface area contributed by atoms with Gasteiger partial charge in [-0.3, -0.25) is 4.90 Å². The van der Waals surface area contributed by atoms with Gasteiger partial charge in [-0.25, -0.2) is 18.7 Å². The van der Waals surface area contributed by atoms with E-state index in [2.05, 4.69) is 16.8 Å². The van der Waals surface area contributed by atoms with Crippen molar-refractivity contribution in [3.63, 3.8) is 0 Å². The van der Waals surface area contributed by atoms with Gasteiger partial charge in [0, 0.05) is 50.1 Å². The molecule has 176 valence electrons. The van der Waals surface area contributed by atoms with E-state index >= 15 is 0 Å². The predicted molar refractivity (Wildman–Crippen MR) is 128 cm³/mol. The van der Waals surface area contributed by atoms with E-state index in [0.29, 0.717) is 12.3 Å². The van der Waals surface area contributed by atoms with Crippen molar-refractivity contribution in [2.24, 2.45) is 0 Å². The summed E-state index contributed by atoms with van der Waals surface area (Å²) in [6.45, 7) is 5.85. The fourth-order valence-electron chi connectivity index (χ4n) is 4.25. The minimum Gasteiger partial charge on any atom is -0.449 e. The fraction of sp³-hybridized carbons (Fsp3) is 0.320. The summed E-state index contributed by atoms with van der Waals surface area (Å²) in [5.41, 5.74) is 3.10. The molecule has 1 amide bonds. The molecule has 4 heterocycles. The summed E-state index contributed by atoms with van der Waals surface area (Å²) in [6, 6.07) is 10.3. The van der Waals surface area contributed by atoms with E-state index in [1.807, 2.05) is 28.8 Å². The van der Waals surface area contributed by atoms with Crippen molar-refractivity contribution in [3.05, 3.63) is 72.5 Å². The Balaban J connectivity index is 1.57. The number of hydrogen-bond donors (Lipinski definition) is 0. The van der Waals surface area contributed by atoms with Gasteiger partial charge in [0.25, 0.3) is 0 Å². The van der Waals surface area contributed by atoms with Crippen LogP contribution in [-0.2, 0) is 4.74 Å². The summed E-state index contributed by atoms with van der Waals surface area (Å²) < 4.78 is 20.6. The molecular weight excluding hydrogens is 435 g/mol. The topological polar surface area (TPSA) is 66.2 Å². The van der Waals surface area contributed by atoms with E-state index < -0.39 is 6.09 Å². The van der Waals surface area contributed by atoms with Gasteiger partial charge >= 0.3 is 6.09 Å². The number of ether oxygens (including phenoxy) is 1. The van der Waals surface area contributed by atoms with Gasteiger partial charge in [-0.1, -0.05) is 12.2 Å². The number of imidazole rings is 1. The van der Waals surface area contributed by atoms with Crippen LogP contribution in [0.3, 0.4) is 0 Å². The van der Waals surface area contributed by atoms with E-state index in [0.717, 1.165) is 48.9 Å². The van der Waals surface area contributed by atoms with Gasteiger partial charge in [0.05, 0.1) is 18.0 Å². The maximum Gasteiger partial charge on any atom is 0.417 e. The molecule has 8 nitrogen and oxygen atoms in total. The molecular formula is C25H27FN6O2. The number of aromatic nitrogens is 3. The summed E-state index contributed by atoms with van der Waals surface area (Å²) in [4.78, 5) is 22.9. The Morgan fingerprint density at radius 3 is 2.44 bits per heavy atom. The van der Waals surface area contributed by atoms with Crippen LogP contribution in [0.2, 0.25) is 0 Å². The van der Waals surface area contributed by atoms with Gasteiger partial charge in [-0.2, -0.15) is 0 Å². The monoisotopic (exact) mass is 462 g/mol. The fourth-order valence-corrected chi connectivity index (χ4v) is 4.25. The van der Waals surface area contributed by atoms with Crippen LogP contribution in [0.1, 0.15) is 18.5 Å². The number of hydrogen-bond acceptors (Lipinski definition) is 6. The van der Waals surface area contributed by atoms with E-state index in [1.165, 1.54) is 17.0 Å². The van der Waals surface area contributed by atoms with Crippen LogP contribution in [0.25, 0.3) is 16.9 Å². The summed E-state index contributed by atoms with van der Waals surface area (Å²) in [5.74, 6) is 0.407. The Morgan fingerprint density at radius 2 is 1.76 bits per heavy atom. The van der Waals surface area contributed by atoms with Crippen molar-refractivity contribution in [3.8, 4) is 11.3 Å². The van der Waals surface area contributed by atoms with Crippen LogP contribution in [0.15, 0.2) is 61.0 Å². The predicted octanol–water partition coefficient (Wildman–Crippen LogP) is 3.87. The third-order valence-corrected chi connectivity index (χ3v) is 6.15. The van der Waals surface area contributed by atoms with Crippen molar-refractivity contribution in [1.29, 1.82) is 0 Å². The molecule has 5 rings (SSSR count). The molecule has 1 saturated heterocycles. The second-order valence-corrected chi connectivity index (χ2v) is 8.42. The number of piperazine rings is 1. The zero-order valence-corrected chi connectivity index (χ0v) is 19.3. The summed E-state index contributed by atoms with van der Waals surface area (Å²) >= 11 is 0. The molecule has 0 spiro atoms. The van der Waals surface area contributed by atoms with Crippen molar-refractivity contribution in [2.45, 2.75) is 12.8 Å². The summed E-state index contributed by atoms with van der Waals surface area (Å²) in [5, 5.41) is 4.96. The third kappa shape index (κ3) is 4.26. The molecule has 0 unspecified atom stereocenters. The minimum atomic E-state index is -0.430. The summed E-state index contributed by atoms with van der Waals surface area (Å²) in [7, 11) is 2.12. The Morgan fingerprint density at radius 1 is 1.06 bits per heavy atom. The lowest BCUT2D eigenvalue weighted by Gasteiger charge is -2.33. The Kier molecular flexibility index (Phi) is 6.02. The van der Waals surface area contributed by atoms with Crippen LogP contribution in [-0.4, -0.2) is 70.3 Å². The third-order valence-electron chi connectivity index (χ3n) is 6.15. The lowest BCUT2D eigenvalue weighted by Crippen LogP contribution is -2.45. The largest absolute Gasteiger partial charge is 0.449 e. The van der Waals surface area contributed by atoms with Gasteiger partial charge < -0.3 is 14.5 Å². The van der Waals surface area contributed by atoms with E-state index in [9.17, 15) is 9.18 Å². The van der Waals surface area contributed by atoms with Gasteiger partial charge in [0.15, 0.2) is 5.65 Å². The molecule has 2 aromatic heterocycles. The minimum absolute atomic E-state index is 0.184. The molecule has 1 fully saturated rings. The van der Waals surface area contributed by atoms with Crippen LogP contribution >= 0.6 is 0 Å². The number of rotatable bonds is 4. The van der Waals surface area contributed by atoms with Crippen molar-refractivity contribution < 1.29 is 13.9 Å². The standard InChI is InChI=1S/C25H27FN6O2/c1-3-34-25(33)31-12-10-19(11-13-31)24-23(18-4-6-20(26)7-5-18)27-21-8-9-22(28-32(21)24)30-16-14-29(2)15-17-30/h4-13,19H,3,14-17H2,1-2H3. The number of carbonyl (C=O) groups is 1. The van der Waals surface area contributed by atoms with Gasteiger partial charge in [0.2, 0.25) is 0 Å². The number of likely N-dealkylation sites (N-methyl/N-ethyl adjacent to an activating group) is 1. The second-order valence-electron chi connectivity index (χ2n) is 8.42. The average Bonchev–Trinajstić information content (AvgIpc) is 3.24. The number of benzene rings is 1. The molecule has 2 aliphatic rings. The highest BCUT2D eigenvalue weighted by Crippen LogP contribution is 2.33. The SMILES string of the molecule is CCOC(=O)N1C=CC(c2c(-c3ccc(F)cc3)nc3ccc(N4CCN(C)CC4)nn23)C=C1. The lowest BCUT2D eigenvalue weighted by atomic mass is 9.98. The number of anilines is 1. The van der Waals surface area contributed by atoms with Crippen molar-refractivity contribution >= 4 is 17.6 Å². The van der Waals surface area contributed by atoms with Crippen LogP contribution in [0.4, 0.5) is 15.0 Å². The highest BCUT2D eigenvalue weighted by atomic mass is 19.1. The van der Waals surface area contributed by atoms with Gasteiger partial charge in [0.1, 0.15) is 11.6 Å². The first kappa shape index (κ1) is 22.1. The average molecular weight is 463 g/mol. The number of amides is 1. The highest BCUT2D eigenvalue weighted by molar-refractivity contribution is 5.72. The first-order chi connectivity index (χ1) is 16.5. The first-order valence-corrected chi connectivity index (χ1v) is 11.4. The molecule has 0 atom stereocenters. The molecule has 34 heavy (non-hydrogen) atoms. The summed E-state index contributed by atoms with van der Waals surface area (Å²) in [6.07, 6.45) is 6.79.